The van der Waals surface area contributed by atoms with E-state index in [-0.39, 0.29) is 0 Å². The van der Waals surface area contributed by atoms with Crippen molar-refractivity contribution >= 4 is 5.69 Å². The average molecular weight is 213 g/mol. The van der Waals surface area contributed by atoms with Crippen LogP contribution in [0.15, 0.2) is 24.4 Å². The number of anilines is 1. The summed E-state index contributed by atoms with van der Waals surface area (Å²) in [6.07, 6.45) is 1.66. The molecule has 0 fully saturated rings. The molecule has 16 heavy (non-hydrogen) atoms. The van der Waals surface area contributed by atoms with E-state index >= 15 is 0 Å². The van der Waals surface area contributed by atoms with E-state index in [1.54, 1.807) is 6.20 Å². The highest BCUT2D eigenvalue weighted by atomic mass is 14.9. The molecule has 0 radical (unpaired) electrons. The molecule has 0 amide bonds. The maximum atomic E-state index is 5.70. The SMILES string of the molecule is Cc1ccc(-c2ncc(N)c(C)n2)c(C)c1. The lowest BCUT2D eigenvalue weighted by molar-refractivity contribution is 1.11. The number of nitrogens with zero attached hydrogens (tertiary/aromatic N) is 2. The molecule has 1 aromatic heterocycles. The normalized spacial score (nSPS) is 10.4. The predicted molar refractivity (Wildman–Crippen MR) is 66.1 cm³/mol. The fraction of sp³-hybridized carbons (Fsp3) is 0.231. The average Bonchev–Trinajstić information content (AvgIpc) is 2.22. The third-order valence-corrected chi connectivity index (χ3v) is 2.64. The molecule has 0 saturated carbocycles. The number of aryl methyl sites for hydroxylation is 3. The molecule has 0 aliphatic rings. The van der Waals surface area contributed by atoms with Gasteiger partial charge in [0, 0.05) is 5.56 Å². The molecule has 0 spiro atoms. The van der Waals surface area contributed by atoms with Crippen molar-refractivity contribution in [2.75, 3.05) is 5.73 Å². The first-order valence-electron chi connectivity index (χ1n) is 5.24. The van der Waals surface area contributed by atoms with Crippen molar-refractivity contribution in [3.8, 4) is 11.4 Å². The Kier molecular flexibility index (Phi) is 2.60. The van der Waals surface area contributed by atoms with Crippen LogP contribution in [0.1, 0.15) is 16.8 Å². The number of nitrogens with two attached hydrogens (primary N) is 1. The van der Waals surface area contributed by atoms with Crippen LogP contribution in [0.3, 0.4) is 0 Å². The summed E-state index contributed by atoms with van der Waals surface area (Å²) in [7, 11) is 0. The number of rotatable bonds is 1. The van der Waals surface area contributed by atoms with Gasteiger partial charge in [-0.15, -0.1) is 0 Å². The Morgan fingerprint density at radius 3 is 2.50 bits per heavy atom. The minimum Gasteiger partial charge on any atom is -0.396 e. The van der Waals surface area contributed by atoms with Gasteiger partial charge in [0.1, 0.15) is 0 Å². The number of benzene rings is 1. The molecule has 0 saturated heterocycles. The first-order valence-corrected chi connectivity index (χ1v) is 5.24. The minimum absolute atomic E-state index is 0.633. The predicted octanol–water partition coefficient (Wildman–Crippen LogP) is 2.65. The van der Waals surface area contributed by atoms with Crippen molar-refractivity contribution < 1.29 is 0 Å². The lowest BCUT2D eigenvalue weighted by Crippen LogP contribution is -1.98. The topological polar surface area (TPSA) is 51.8 Å². The zero-order chi connectivity index (χ0) is 11.7. The molecule has 3 nitrogen and oxygen atoms in total. The lowest BCUT2D eigenvalue weighted by atomic mass is 10.1. The first kappa shape index (κ1) is 10.6. The largest absolute Gasteiger partial charge is 0.396 e. The molecular weight excluding hydrogens is 198 g/mol. The second-order valence-electron chi connectivity index (χ2n) is 4.05. The van der Waals surface area contributed by atoms with E-state index in [9.17, 15) is 0 Å². The molecule has 82 valence electrons. The Hall–Kier alpha value is -1.90. The Bertz CT molecular complexity index is 533. The van der Waals surface area contributed by atoms with Crippen molar-refractivity contribution in [3.63, 3.8) is 0 Å². The molecule has 2 rings (SSSR count). The Morgan fingerprint density at radius 2 is 1.88 bits per heavy atom. The standard InChI is InChI=1S/C13H15N3/c1-8-4-5-11(9(2)6-8)13-15-7-12(14)10(3)16-13/h4-7H,14H2,1-3H3. The van der Waals surface area contributed by atoms with Crippen LogP contribution in [0.2, 0.25) is 0 Å². The molecule has 0 bridgehead atoms. The molecule has 0 aliphatic carbocycles. The summed E-state index contributed by atoms with van der Waals surface area (Å²) in [5.74, 6) is 0.740. The van der Waals surface area contributed by atoms with Gasteiger partial charge in [0.15, 0.2) is 5.82 Å². The fourth-order valence-corrected chi connectivity index (χ4v) is 1.67. The molecule has 1 aromatic carbocycles. The summed E-state index contributed by atoms with van der Waals surface area (Å²) >= 11 is 0. The zero-order valence-electron chi connectivity index (χ0n) is 9.78. The van der Waals surface area contributed by atoms with Gasteiger partial charge < -0.3 is 5.73 Å². The van der Waals surface area contributed by atoms with Crippen LogP contribution in [-0.4, -0.2) is 9.97 Å². The second-order valence-corrected chi connectivity index (χ2v) is 4.05. The van der Waals surface area contributed by atoms with E-state index in [1.165, 1.54) is 11.1 Å². The summed E-state index contributed by atoms with van der Waals surface area (Å²) in [5, 5.41) is 0. The van der Waals surface area contributed by atoms with E-state index in [4.69, 9.17) is 5.73 Å². The Labute approximate surface area is 95.4 Å². The number of aromatic nitrogens is 2. The second kappa shape index (κ2) is 3.93. The summed E-state index contributed by atoms with van der Waals surface area (Å²) in [6, 6.07) is 6.25. The molecule has 1 heterocycles. The summed E-state index contributed by atoms with van der Waals surface area (Å²) in [5.41, 5.74) is 10.7. The maximum absolute atomic E-state index is 5.70. The van der Waals surface area contributed by atoms with Crippen LogP contribution in [0, 0.1) is 20.8 Å². The van der Waals surface area contributed by atoms with Gasteiger partial charge in [0.25, 0.3) is 0 Å². The van der Waals surface area contributed by atoms with Gasteiger partial charge in [-0.3, -0.25) is 0 Å². The van der Waals surface area contributed by atoms with E-state index in [0.717, 1.165) is 17.1 Å². The van der Waals surface area contributed by atoms with E-state index < -0.39 is 0 Å². The Balaban J connectivity index is 2.54. The minimum atomic E-state index is 0.633. The summed E-state index contributed by atoms with van der Waals surface area (Å²) < 4.78 is 0. The van der Waals surface area contributed by atoms with Gasteiger partial charge in [0.2, 0.25) is 0 Å². The highest BCUT2D eigenvalue weighted by molar-refractivity contribution is 5.61. The molecule has 2 N–H and O–H groups in total. The van der Waals surface area contributed by atoms with Gasteiger partial charge in [0.05, 0.1) is 17.6 Å². The maximum Gasteiger partial charge on any atom is 0.159 e. The highest BCUT2D eigenvalue weighted by Crippen LogP contribution is 2.21. The van der Waals surface area contributed by atoms with Gasteiger partial charge >= 0.3 is 0 Å². The molecule has 0 atom stereocenters. The number of hydrogen-bond donors (Lipinski definition) is 1. The van der Waals surface area contributed by atoms with Crippen molar-refractivity contribution in [1.29, 1.82) is 0 Å². The van der Waals surface area contributed by atoms with Crippen molar-refractivity contribution in [2.24, 2.45) is 0 Å². The van der Waals surface area contributed by atoms with Gasteiger partial charge in [-0.05, 0) is 26.3 Å². The van der Waals surface area contributed by atoms with Crippen LogP contribution >= 0.6 is 0 Å². The van der Waals surface area contributed by atoms with Gasteiger partial charge in [-0.2, -0.15) is 0 Å². The Morgan fingerprint density at radius 1 is 1.12 bits per heavy atom. The van der Waals surface area contributed by atoms with Crippen LogP contribution < -0.4 is 5.73 Å². The van der Waals surface area contributed by atoms with Crippen LogP contribution in [-0.2, 0) is 0 Å². The van der Waals surface area contributed by atoms with Crippen molar-refractivity contribution in [3.05, 3.63) is 41.2 Å². The zero-order valence-corrected chi connectivity index (χ0v) is 9.78. The van der Waals surface area contributed by atoms with E-state index in [2.05, 4.69) is 42.0 Å². The third kappa shape index (κ3) is 1.89. The van der Waals surface area contributed by atoms with Gasteiger partial charge in [-0.1, -0.05) is 23.8 Å². The smallest absolute Gasteiger partial charge is 0.159 e. The molecule has 0 aliphatic heterocycles. The van der Waals surface area contributed by atoms with Crippen molar-refractivity contribution in [1.82, 2.24) is 9.97 Å². The van der Waals surface area contributed by atoms with Gasteiger partial charge in [-0.25, -0.2) is 9.97 Å². The third-order valence-electron chi connectivity index (χ3n) is 2.64. The fourth-order valence-electron chi connectivity index (χ4n) is 1.67. The van der Waals surface area contributed by atoms with Crippen LogP contribution in [0.25, 0.3) is 11.4 Å². The number of hydrogen-bond acceptors (Lipinski definition) is 3. The molecule has 2 aromatic rings. The van der Waals surface area contributed by atoms with Crippen LogP contribution in [0.4, 0.5) is 5.69 Å². The molecule has 3 heteroatoms. The van der Waals surface area contributed by atoms with Crippen LogP contribution in [0.5, 0.6) is 0 Å². The number of nitrogen functional groups attached to an aromatic ring is 1. The quantitative estimate of drug-likeness (QED) is 0.792. The van der Waals surface area contributed by atoms with E-state index in [0.29, 0.717) is 5.69 Å². The molecular formula is C13H15N3. The molecule has 0 unspecified atom stereocenters. The first-order chi connectivity index (χ1) is 7.58. The van der Waals surface area contributed by atoms with Crippen molar-refractivity contribution in [2.45, 2.75) is 20.8 Å². The van der Waals surface area contributed by atoms with E-state index in [1.807, 2.05) is 6.92 Å². The highest BCUT2D eigenvalue weighted by Gasteiger charge is 2.06. The summed E-state index contributed by atoms with van der Waals surface area (Å²) in [6.45, 7) is 6.04. The summed E-state index contributed by atoms with van der Waals surface area (Å²) in [4.78, 5) is 8.66. The lowest BCUT2D eigenvalue weighted by Gasteiger charge is -2.07. The monoisotopic (exact) mass is 213 g/mol.